The fourth-order valence-electron chi connectivity index (χ4n) is 3.86. The van der Waals surface area contributed by atoms with E-state index in [2.05, 4.69) is 0 Å². The van der Waals surface area contributed by atoms with Crippen LogP contribution >= 0.6 is 11.8 Å². The molecule has 5 heteroatoms. The molecule has 0 bridgehead atoms. The highest BCUT2D eigenvalue weighted by Gasteiger charge is 2.27. The van der Waals surface area contributed by atoms with Crippen molar-refractivity contribution in [2.24, 2.45) is 0 Å². The number of amides is 1. The van der Waals surface area contributed by atoms with Crippen molar-refractivity contribution in [1.29, 1.82) is 0 Å². The molecule has 1 heterocycles. The minimum atomic E-state index is 0.0295. The highest BCUT2D eigenvalue weighted by molar-refractivity contribution is 7.98. The topological polar surface area (TPSA) is 46.6 Å². The summed E-state index contributed by atoms with van der Waals surface area (Å²) in [5.41, 5.74) is 1.82. The molecule has 29 heavy (non-hydrogen) atoms. The van der Waals surface area contributed by atoms with Crippen LogP contribution < -0.4 is 4.74 Å². The van der Waals surface area contributed by atoms with E-state index in [4.69, 9.17) is 4.74 Å². The lowest BCUT2D eigenvalue weighted by molar-refractivity contribution is -0.133. The van der Waals surface area contributed by atoms with Crippen LogP contribution in [0.3, 0.4) is 0 Å². The number of Topliss-reactive ketones (excluding diaryl/α,β-unsaturated/α-hetero) is 1. The van der Waals surface area contributed by atoms with Crippen LogP contribution in [0.2, 0.25) is 0 Å². The minimum absolute atomic E-state index is 0.0295. The van der Waals surface area contributed by atoms with Crippen molar-refractivity contribution < 1.29 is 14.3 Å². The lowest BCUT2D eigenvalue weighted by Crippen LogP contribution is -2.35. The number of ether oxygens (including phenoxy) is 1. The van der Waals surface area contributed by atoms with Crippen molar-refractivity contribution in [2.45, 2.75) is 49.5 Å². The maximum atomic E-state index is 13.0. The second-order valence-electron chi connectivity index (χ2n) is 7.38. The molecule has 1 aliphatic rings. The predicted molar refractivity (Wildman–Crippen MR) is 118 cm³/mol. The average Bonchev–Trinajstić information content (AvgIpc) is 3.03. The first kappa shape index (κ1) is 21.4. The van der Waals surface area contributed by atoms with E-state index in [9.17, 15) is 9.59 Å². The second kappa shape index (κ2) is 10.5. The molecular weight excluding hydrogens is 382 g/mol. The molecule has 154 valence electrons. The molecule has 0 radical (unpaired) electrons. The van der Waals surface area contributed by atoms with Crippen LogP contribution in [0.15, 0.2) is 53.4 Å². The molecule has 1 unspecified atom stereocenters. The van der Waals surface area contributed by atoms with Gasteiger partial charge >= 0.3 is 0 Å². The van der Waals surface area contributed by atoms with Gasteiger partial charge in [-0.2, -0.15) is 0 Å². The quantitative estimate of drug-likeness (QED) is 0.444. The Kier molecular flexibility index (Phi) is 7.76. The Morgan fingerprint density at radius 1 is 1.00 bits per heavy atom. The van der Waals surface area contributed by atoms with E-state index in [1.165, 1.54) is 0 Å². The van der Waals surface area contributed by atoms with Gasteiger partial charge in [-0.05, 0) is 48.9 Å². The number of hydrogen-bond donors (Lipinski definition) is 0. The summed E-state index contributed by atoms with van der Waals surface area (Å²) in [4.78, 5) is 28.7. The summed E-state index contributed by atoms with van der Waals surface area (Å²) in [5.74, 6) is 0.918. The third-order valence-corrected chi connectivity index (χ3v) is 6.30. The molecule has 0 spiro atoms. The van der Waals surface area contributed by atoms with Gasteiger partial charge in [0.2, 0.25) is 5.91 Å². The number of benzene rings is 2. The molecule has 0 aliphatic carbocycles. The van der Waals surface area contributed by atoms with Crippen LogP contribution in [0.4, 0.5) is 0 Å². The molecule has 0 saturated carbocycles. The lowest BCUT2D eigenvalue weighted by atomic mass is 9.99. The summed E-state index contributed by atoms with van der Waals surface area (Å²) < 4.78 is 5.26. The molecule has 2 aromatic rings. The number of nitrogens with zero attached hydrogens (tertiary/aromatic N) is 1. The van der Waals surface area contributed by atoms with Gasteiger partial charge in [0.05, 0.1) is 13.2 Å². The van der Waals surface area contributed by atoms with Gasteiger partial charge in [-0.1, -0.05) is 37.1 Å². The summed E-state index contributed by atoms with van der Waals surface area (Å²) in [7, 11) is 1.65. The summed E-state index contributed by atoms with van der Waals surface area (Å²) in [6.45, 7) is 0.756. The van der Waals surface area contributed by atoms with Gasteiger partial charge in [-0.3, -0.25) is 9.59 Å². The lowest BCUT2D eigenvalue weighted by Gasteiger charge is -2.30. The fourth-order valence-corrected chi connectivity index (χ4v) is 4.27. The van der Waals surface area contributed by atoms with Gasteiger partial charge in [0.25, 0.3) is 0 Å². The average molecular weight is 412 g/mol. The van der Waals surface area contributed by atoms with E-state index in [0.717, 1.165) is 48.4 Å². The molecule has 1 saturated heterocycles. The van der Waals surface area contributed by atoms with E-state index in [0.29, 0.717) is 5.56 Å². The predicted octanol–water partition coefficient (Wildman–Crippen LogP) is 5.52. The van der Waals surface area contributed by atoms with Crippen LogP contribution in [-0.4, -0.2) is 36.5 Å². The molecule has 1 amide bonds. The zero-order valence-corrected chi connectivity index (χ0v) is 18.0. The number of rotatable bonds is 7. The number of hydrogen-bond acceptors (Lipinski definition) is 4. The molecule has 3 rings (SSSR count). The third kappa shape index (κ3) is 5.63. The Bertz CT molecular complexity index is 817. The second-order valence-corrected chi connectivity index (χ2v) is 8.26. The van der Waals surface area contributed by atoms with Crippen molar-refractivity contribution >= 4 is 23.5 Å². The van der Waals surface area contributed by atoms with Gasteiger partial charge in [0.1, 0.15) is 5.75 Å². The smallest absolute Gasteiger partial charge is 0.223 e. The molecule has 2 aromatic carbocycles. The number of carbonyl (C=O) groups excluding carboxylic acids is 2. The maximum absolute atomic E-state index is 13.0. The Balaban J connectivity index is 1.66. The molecule has 1 atom stereocenters. The summed E-state index contributed by atoms with van der Waals surface area (Å²) in [6, 6.07) is 15.7. The van der Waals surface area contributed by atoms with E-state index in [1.807, 2.05) is 59.7 Å². The van der Waals surface area contributed by atoms with Crippen LogP contribution in [-0.2, 0) is 4.79 Å². The molecule has 0 N–H and O–H groups in total. The van der Waals surface area contributed by atoms with E-state index >= 15 is 0 Å². The third-order valence-electron chi connectivity index (χ3n) is 5.55. The Morgan fingerprint density at radius 2 is 1.72 bits per heavy atom. The van der Waals surface area contributed by atoms with Crippen molar-refractivity contribution in [3.8, 4) is 5.75 Å². The van der Waals surface area contributed by atoms with E-state index in [-0.39, 0.29) is 30.6 Å². The van der Waals surface area contributed by atoms with E-state index < -0.39 is 0 Å². The fraction of sp³-hybridized carbons (Fsp3) is 0.417. The highest BCUT2D eigenvalue weighted by atomic mass is 32.2. The van der Waals surface area contributed by atoms with Crippen molar-refractivity contribution in [3.63, 3.8) is 0 Å². The van der Waals surface area contributed by atoms with Gasteiger partial charge in [-0.15, -0.1) is 11.8 Å². The highest BCUT2D eigenvalue weighted by Crippen LogP contribution is 2.32. The summed E-state index contributed by atoms with van der Waals surface area (Å²) in [5, 5.41) is 0. The maximum Gasteiger partial charge on any atom is 0.223 e. The van der Waals surface area contributed by atoms with Crippen molar-refractivity contribution in [3.05, 3.63) is 59.7 Å². The Morgan fingerprint density at radius 3 is 2.38 bits per heavy atom. The SMILES string of the molecule is COc1ccc(C2CCCCCN2C(=O)CCC(=O)c2ccc(SC)cc2)cc1. The Hall–Kier alpha value is -2.27. The molecule has 1 aliphatic heterocycles. The molecular formula is C24H29NO3S. The summed E-state index contributed by atoms with van der Waals surface area (Å²) >= 11 is 1.65. The number of thioether (sulfide) groups is 1. The molecule has 0 aromatic heterocycles. The first-order valence-electron chi connectivity index (χ1n) is 10.2. The summed E-state index contributed by atoms with van der Waals surface area (Å²) in [6.07, 6.45) is 6.75. The largest absolute Gasteiger partial charge is 0.497 e. The first-order chi connectivity index (χ1) is 14.1. The zero-order chi connectivity index (χ0) is 20.6. The van der Waals surface area contributed by atoms with Crippen LogP contribution in [0.1, 0.15) is 60.5 Å². The number of ketones is 1. The standard InChI is InChI=1S/C24H29NO3S/c1-28-20-11-7-18(8-12-20)22-6-4-3-5-17-25(22)24(27)16-15-23(26)19-9-13-21(29-2)14-10-19/h7-14,22H,3-6,15-17H2,1-2H3. The number of methoxy groups -OCH3 is 1. The normalized spacial score (nSPS) is 16.9. The number of carbonyl (C=O) groups is 2. The number of likely N-dealkylation sites (tertiary alicyclic amines) is 1. The van der Waals surface area contributed by atoms with E-state index in [1.54, 1.807) is 18.9 Å². The zero-order valence-electron chi connectivity index (χ0n) is 17.2. The minimum Gasteiger partial charge on any atom is -0.497 e. The molecule has 1 fully saturated rings. The molecule has 4 nitrogen and oxygen atoms in total. The van der Waals surface area contributed by atoms with Crippen LogP contribution in [0.5, 0.6) is 5.75 Å². The van der Waals surface area contributed by atoms with Gasteiger partial charge < -0.3 is 9.64 Å². The van der Waals surface area contributed by atoms with Crippen LogP contribution in [0, 0.1) is 0 Å². The van der Waals surface area contributed by atoms with Gasteiger partial charge in [-0.25, -0.2) is 0 Å². The van der Waals surface area contributed by atoms with Crippen molar-refractivity contribution in [2.75, 3.05) is 19.9 Å². The monoisotopic (exact) mass is 411 g/mol. The Labute approximate surface area is 177 Å². The van der Waals surface area contributed by atoms with Gasteiger partial charge in [0.15, 0.2) is 5.78 Å². The van der Waals surface area contributed by atoms with Crippen LogP contribution in [0.25, 0.3) is 0 Å². The van der Waals surface area contributed by atoms with Gasteiger partial charge in [0, 0.05) is 29.8 Å². The van der Waals surface area contributed by atoms with Crippen molar-refractivity contribution in [1.82, 2.24) is 4.90 Å². The first-order valence-corrected chi connectivity index (χ1v) is 11.5.